The number of pyridine rings is 1. The number of aliphatic imine (C=N–C) groups is 1. The third-order valence-corrected chi connectivity index (χ3v) is 5.50. The molecule has 0 unspecified atom stereocenters. The Balaban J connectivity index is 1.46. The summed E-state index contributed by atoms with van der Waals surface area (Å²) in [6, 6.07) is 16.9. The number of allylic oxidation sites excluding steroid dienone is 1. The lowest BCUT2D eigenvalue weighted by Crippen LogP contribution is -2.34. The molecule has 0 radical (unpaired) electrons. The molecule has 0 bridgehead atoms. The minimum Gasteiger partial charge on any atom is -0.485 e. The van der Waals surface area contributed by atoms with Crippen molar-refractivity contribution < 1.29 is 14.3 Å². The van der Waals surface area contributed by atoms with Crippen molar-refractivity contribution in [3.8, 4) is 23.3 Å². The van der Waals surface area contributed by atoms with E-state index in [0.29, 0.717) is 58.9 Å². The number of nitrogens with zero attached hydrogens (tertiary/aromatic N) is 3. The Hall–Kier alpha value is -5.04. The molecule has 0 atom stereocenters. The molecule has 0 spiro atoms. The minimum atomic E-state index is -0.494. The first-order valence-electron chi connectivity index (χ1n) is 12.0. The zero-order valence-electron chi connectivity index (χ0n) is 21.4. The molecule has 1 aromatic heterocycles. The number of aromatic nitrogens is 1. The quantitative estimate of drug-likeness (QED) is 0.269. The van der Waals surface area contributed by atoms with Crippen molar-refractivity contribution in [2.45, 2.75) is 20.8 Å². The molecule has 2 amide bonds. The fraction of sp³-hybridized carbons (Fsp3) is 0.214. The average molecular weight is 512 g/mol. The van der Waals surface area contributed by atoms with E-state index in [1.165, 1.54) is 0 Å². The molecule has 38 heavy (non-hydrogen) atoms. The number of anilines is 2. The molecule has 0 fully saturated rings. The zero-order valence-corrected chi connectivity index (χ0v) is 21.4. The van der Waals surface area contributed by atoms with E-state index in [4.69, 9.17) is 20.5 Å². The summed E-state index contributed by atoms with van der Waals surface area (Å²) in [5, 5.41) is 17.7. The fourth-order valence-electron chi connectivity index (χ4n) is 3.32. The third kappa shape index (κ3) is 6.79. The monoisotopic (exact) mass is 511 g/mol. The van der Waals surface area contributed by atoms with E-state index in [1.54, 1.807) is 66.9 Å². The zero-order chi connectivity index (χ0) is 27.1. The van der Waals surface area contributed by atoms with Crippen molar-refractivity contribution >= 4 is 29.1 Å². The van der Waals surface area contributed by atoms with Crippen LogP contribution in [-0.4, -0.2) is 30.0 Å². The predicted octanol–water partition coefficient (Wildman–Crippen LogP) is 5.29. The molecular weight excluding hydrogens is 482 g/mol. The number of benzene rings is 2. The minimum absolute atomic E-state index is 0.260. The average Bonchev–Trinajstić information content (AvgIpc) is 2.90. The number of rotatable bonds is 5. The van der Waals surface area contributed by atoms with Gasteiger partial charge in [0.1, 0.15) is 18.2 Å². The Morgan fingerprint density at radius 2 is 1.92 bits per heavy atom. The number of carbonyl (C=O) groups is 1. The highest BCUT2D eigenvalue weighted by atomic mass is 16.5. The predicted molar refractivity (Wildman–Crippen MR) is 147 cm³/mol. The number of hydrogen-bond acceptors (Lipinski definition) is 8. The Morgan fingerprint density at radius 1 is 1.18 bits per heavy atom. The van der Waals surface area contributed by atoms with Crippen molar-refractivity contribution in [1.29, 1.82) is 5.26 Å². The van der Waals surface area contributed by atoms with Crippen molar-refractivity contribution in [2.24, 2.45) is 16.1 Å². The molecule has 1 aliphatic heterocycles. The summed E-state index contributed by atoms with van der Waals surface area (Å²) in [5.74, 6) is 2.59. The van der Waals surface area contributed by atoms with Crippen LogP contribution in [0, 0.1) is 16.7 Å². The van der Waals surface area contributed by atoms with Crippen molar-refractivity contribution in [3.05, 3.63) is 78.1 Å². The number of nitriles is 1. The molecule has 194 valence electrons. The smallest absolute Gasteiger partial charge is 0.324 e. The fourth-order valence-corrected chi connectivity index (χ4v) is 3.32. The highest BCUT2D eigenvalue weighted by molar-refractivity contribution is 6.08. The highest BCUT2D eigenvalue weighted by Crippen LogP contribution is 2.38. The number of fused-ring (bicyclic) bond motifs is 1. The van der Waals surface area contributed by atoms with Crippen LogP contribution in [0.3, 0.4) is 0 Å². The van der Waals surface area contributed by atoms with E-state index in [2.05, 4.69) is 32.0 Å². The molecule has 3 aromatic rings. The van der Waals surface area contributed by atoms with Gasteiger partial charge in [0, 0.05) is 35.1 Å². The van der Waals surface area contributed by atoms with Crippen LogP contribution in [0.5, 0.6) is 17.2 Å². The van der Waals surface area contributed by atoms with Gasteiger partial charge in [0.15, 0.2) is 11.6 Å². The van der Waals surface area contributed by atoms with Crippen LogP contribution in [0.1, 0.15) is 26.3 Å². The number of amidine groups is 1. The Kier molecular flexibility index (Phi) is 7.77. The number of carbonyl (C=O) groups excluding carboxylic acids is 1. The van der Waals surface area contributed by atoms with Gasteiger partial charge in [-0.15, -0.1) is 0 Å². The van der Waals surface area contributed by atoms with Gasteiger partial charge in [0.05, 0.1) is 23.9 Å². The van der Waals surface area contributed by atoms with Crippen LogP contribution in [0.15, 0.2) is 77.6 Å². The summed E-state index contributed by atoms with van der Waals surface area (Å²) in [5.41, 5.74) is 8.09. The number of urea groups is 1. The van der Waals surface area contributed by atoms with E-state index in [-0.39, 0.29) is 11.3 Å². The molecule has 10 heteroatoms. The first-order chi connectivity index (χ1) is 18.2. The van der Waals surface area contributed by atoms with Gasteiger partial charge in [-0.05, 0) is 48.5 Å². The maximum atomic E-state index is 12.8. The Bertz CT molecular complexity index is 1400. The summed E-state index contributed by atoms with van der Waals surface area (Å²) < 4.78 is 11.7. The SMILES string of the molecule is CC(C)(C)C(N)=CC(=Nc1ccc(C#N)cc1)NC(=O)Nc1ccc(Oc2ccnc3c2OCCN3)cc1. The van der Waals surface area contributed by atoms with Gasteiger partial charge < -0.3 is 25.8 Å². The molecule has 0 saturated carbocycles. The second-order valence-electron chi connectivity index (χ2n) is 9.47. The van der Waals surface area contributed by atoms with Crippen molar-refractivity contribution in [1.82, 2.24) is 10.3 Å². The summed E-state index contributed by atoms with van der Waals surface area (Å²) in [7, 11) is 0. The van der Waals surface area contributed by atoms with Crippen LogP contribution in [0.4, 0.5) is 22.0 Å². The number of nitrogens with two attached hydrogens (primary N) is 1. The summed E-state index contributed by atoms with van der Waals surface area (Å²) in [4.78, 5) is 21.6. The molecule has 2 aromatic carbocycles. The van der Waals surface area contributed by atoms with E-state index in [1.807, 2.05) is 20.8 Å². The van der Waals surface area contributed by atoms with Crippen LogP contribution >= 0.6 is 0 Å². The Labute approximate surface area is 221 Å². The normalized spacial score (nSPS) is 13.3. The van der Waals surface area contributed by atoms with Crippen LogP contribution in [0.25, 0.3) is 0 Å². The van der Waals surface area contributed by atoms with E-state index >= 15 is 0 Å². The number of nitrogens with one attached hydrogen (secondary N) is 3. The van der Waals surface area contributed by atoms with Gasteiger partial charge in [-0.2, -0.15) is 5.26 Å². The van der Waals surface area contributed by atoms with Gasteiger partial charge in [-0.1, -0.05) is 20.8 Å². The second kappa shape index (κ2) is 11.3. The van der Waals surface area contributed by atoms with Gasteiger partial charge in [0.25, 0.3) is 0 Å². The number of hydrogen-bond donors (Lipinski definition) is 4. The van der Waals surface area contributed by atoms with Crippen LogP contribution in [-0.2, 0) is 0 Å². The molecule has 4 rings (SSSR count). The number of ether oxygens (including phenoxy) is 2. The van der Waals surface area contributed by atoms with Crippen molar-refractivity contribution in [3.63, 3.8) is 0 Å². The van der Waals surface area contributed by atoms with E-state index in [9.17, 15) is 4.79 Å². The highest BCUT2D eigenvalue weighted by Gasteiger charge is 2.18. The van der Waals surface area contributed by atoms with E-state index in [0.717, 1.165) is 0 Å². The lowest BCUT2D eigenvalue weighted by Gasteiger charge is -2.20. The largest absolute Gasteiger partial charge is 0.485 e. The topological polar surface area (TPSA) is 147 Å². The molecule has 1 aliphatic rings. The van der Waals surface area contributed by atoms with Gasteiger partial charge in [-0.25, -0.2) is 14.8 Å². The lowest BCUT2D eigenvalue weighted by molar-refractivity contribution is 0.256. The summed E-state index contributed by atoms with van der Waals surface area (Å²) in [6.07, 6.45) is 3.27. The molecule has 2 heterocycles. The second-order valence-corrected chi connectivity index (χ2v) is 9.47. The number of amides is 2. The van der Waals surface area contributed by atoms with E-state index < -0.39 is 6.03 Å². The van der Waals surface area contributed by atoms with Gasteiger partial charge in [-0.3, -0.25) is 5.32 Å². The molecule has 0 aliphatic carbocycles. The van der Waals surface area contributed by atoms with Crippen LogP contribution < -0.4 is 31.2 Å². The summed E-state index contributed by atoms with van der Waals surface area (Å²) in [6.45, 7) is 7.11. The molecule has 5 N–H and O–H groups in total. The maximum Gasteiger partial charge on any atom is 0.324 e. The molecule has 10 nitrogen and oxygen atoms in total. The molecule has 0 saturated heterocycles. The lowest BCUT2D eigenvalue weighted by atomic mass is 9.92. The van der Waals surface area contributed by atoms with Gasteiger partial charge >= 0.3 is 6.03 Å². The first-order valence-corrected chi connectivity index (χ1v) is 12.0. The first kappa shape index (κ1) is 26.0. The molecular formula is C28H29N7O3. The Morgan fingerprint density at radius 3 is 2.61 bits per heavy atom. The van der Waals surface area contributed by atoms with Gasteiger partial charge in [0.2, 0.25) is 5.75 Å². The van der Waals surface area contributed by atoms with Crippen molar-refractivity contribution in [2.75, 3.05) is 23.8 Å². The van der Waals surface area contributed by atoms with Crippen LogP contribution in [0.2, 0.25) is 0 Å². The maximum absolute atomic E-state index is 12.8. The summed E-state index contributed by atoms with van der Waals surface area (Å²) >= 11 is 0. The third-order valence-electron chi connectivity index (χ3n) is 5.50. The standard InChI is InChI=1S/C28H29N7O3/c1-28(2,3)23(30)16-24(33-19-6-4-18(17-29)5-7-19)35-27(36)34-20-8-10-21(11-9-20)38-22-12-13-31-26-25(22)37-15-14-32-26/h4-13,16H,14-15,30H2,1-3H3,(H,31,32)(H2,33,34,35,36).